The molecular weight excluding hydrogens is 1410 g/mol. The lowest BCUT2D eigenvalue weighted by Gasteiger charge is -2.42. The highest BCUT2D eigenvalue weighted by Gasteiger charge is 2.64. The van der Waals surface area contributed by atoms with Gasteiger partial charge in [0.15, 0.2) is 5.72 Å². The van der Waals surface area contributed by atoms with Crippen molar-refractivity contribution in [2.75, 3.05) is 100.0 Å². The molecule has 584 valence electrons. The number of carbonyl (C=O) groups excluding carboxylic acids is 8. The van der Waals surface area contributed by atoms with E-state index in [2.05, 4.69) is 40.2 Å². The molecule has 4 aliphatic heterocycles. The van der Waals surface area contributed by atoms with E-state index in [1.807, 2.05) is 73.5 Å². The van der Waals surface area contributed by atoms with Gasteiger partial charge in [0.1, 0.15) is 52.9 Å². The molecule has 0 spiro atoms. The molecule has 5 aliphatic rings. The van der Waals surface area contributed by atoms with Crippen LogP contribution in [0, 0.1) is 5.92 Å². The maximum absolute atomic E-state index is 14.7. The molecule has 1 aromatic heterocycles. The van der Waals surface area contributed by atoms with Gasteiger partial charge in [-0.3, -0.25) is 29.3 Å². The number of alkyl carbamates (subject to hydrolysis) is 1. The number of likely N-dealkylation sites (N-methyl/N-ethyl adjacent to an activating group) is 1. The highest BCUT2D eigenvalue weighted by atomic mass is 35.5. The van der Waals surface area contributed by atoms with Crippen LogP contribution in [-0.4, -0.2) is 231 Å². The summed E-state index contributed by atoms with van der Waals surface area (Å²) in [6.45, 7) is 14.5. The molecule has 0 saturated carbocycles. The van der Waals surface area contributed by atoms with E-state index < -0.39 is 89.7 Å². The molecule has 26 nitrogen and oxygen atoms in total. The number of esters is 2. The van der Waals surface area contributed by atoms with Gasteiger partial charge in [-0.15, -0.1) is 0 Å². The number of hydrogen-bond acceptors (Lipinski definition) is 19. The number of piperidine rings is 1. The molecule has 5 aromatic rings. The van der Waals surface area contributed by atoms with Gasteiger partial charge in [0.2, 0.25) is 23.6 Å². The summed E-state index contributed by atoms with van der Waals surface area (Å²) in [6.07, 6.45) is 0.196. The number of anilines is 1. The van der Waals surface area contributed by atoms with Gasteiger partial charge in [0.25, 0.3) is 0 Å². The Balaban J connectivity index is 0.776. The highest BCUT2D eigenvalue weighted by molar-refractivity contribution is 6.35. The van der Waals surface area contributed by atoms with Crippen molar-refractivity contribution in [1.82, 2.24) is 34.6 Å². The summed E-state index contributed by atoms with van der Waals surface area (Å²) in [5.74, 6) is -3.14. The SMILES string of the molecule is COc1cc2cc(c1Cl)N(C)C(=O)C[C@H](OC(=O)[C@H](C)N(C)C(=O)CCC(=O)N(CCOCCOCCC(=O)OC(C)(C)C)C1CCN(C(=O)CCn3c(CN(C)N(C)C(=O)OCC4c5ccccc5-c5ccccc54)cc4ccccc43)CC1)[C@]1(C)OC1[C@H](C)C1C[C@@](O)(NC(=O)O1)[C@H](OC)/C=C/C=C(\C)C2. The van der Waals surface area contributed by atoms with Crippen LogP contribution in [0.25, 0.3) is 22.0 Å². The average Bonchev–Trinajstić information content (AvgIpc) is 1.57. The quantitative estimate of drug-likeness (QED) is 0.0171. The normalized spacial score (nSPS) is 22.9. The van der Waals surface area contributed by atoms with Crippen LogP contribution in [0.3, 0.4) is 0 Å². The molecule has 3 saturated heterocycles. The predicted octanol–water partition coefficient (Wildman–Crippen LogP) is 10.2. The zero-order valence-electron chi connectivity index (χ0n) is 64.3. The fraction of sp³-hybridized carbons (Fsp3) is 0.531. The van der Waals surface area contributed by atoms with Gasteiger partial charge in [-0.1, -0.05) is 109 Å². The number of aromatic nitrogens is 1. The van der Waals surface area contributed by atoms with Crippen LogP contribution in [0.5, 0.6) is 5.75 Å². The standard InChI is InChI=1S/C81H105ClN8O18/c1-51-21-20-28-67(101-13)81(99)48-66(105-77(97)83-81)52(2)75-80(7,108-75)68(47-72(94)86(10)64-44-54(43-51)45-65(100-12)74(64)82)106-76(96)53(3)85(9)69(91)29-30-71(93)90(38-40-103-42-41-102-39-34-73(95)107-79(4,5)6)56-31-35-88(36-32-56)70(92)33-37-89-57(46-55-22-14-19-27-63(55)89)49-84(8)87(11)78(98)104-50-62-60-25-17-15-23-58(60)59-24-16-18-26-61(59)62/h14-28,44-46,52-53,56,62,66-68,75,99H,29-43,47-50H2,1-13H3,(H,83,97)/b28-20+,51-21+/t52-,53+,66?,67-,68+,75?,80+,81+/m1/s1. The minimum absolute atomic E-state index is 0.0626. The van der Waals surface area contributed by atoms with Crippen molar-refractivity contribution >= 4 is 75.9 Å². The third-order valence-electron chi connectivity index (χ3n) is 21.3. The summed E-state index contributed by atoms with van der Waals surface area (Å²) in [5.41, 5.74) is 4.40. The fourth-order valence-corrected chi connectivity index (χ4v) is 15.2. The largest absolute Gasteiger partial charge is 0.495 e. The van der Waals surface area contributed by atoms with Crippen molar-refractivity contribution in [3.05, 3.63) is 142 Å². The van der Waals surface area contributed by atoms with Crippen LogP contribution >= 0.6 is 11.6 Å². The molecule has 2 N–H and O–H groups in total. The number of halogens is 1. The number of ether oxygens (including phenoxy) is 9. The molecule has 6 amide bonds. The van der Waals surface area contributed by atoms with Crippen molar-refractivity contribution in [3.8, 4) is 16.9 Å². The van der Waals surface area contributed by atoms with Crippen molar-refractivity contribution < 1.29 is 86.1 Å². The first-order valence-corrected chi connectivity index (χ1v) is 37.5. The maximum Gasteiger partial charge on any atom is 0.424 e. The van der Waals surface area contributed by atoms with Crippen molar-refractivity contribution in [2.24, 2.45) is 5.92 Å². The van der Waals surface area contributed by atoms with E-state index in [1.54, 1.807) is 82.9 Å². The van der Waals surface area contributed by atoms with E-state index in [1.165, 1.54) is 43.0 Å². The fourth-order valence-electron chi connectivity index (χ4n) is 14.9. The molecule has 8 atom stereocenters. The first-order valence-electron chi connectivity index (χ1n) is 37.1. The van der Waals surface area contributed by atoms with Gasteiger partial charge in [-0.05, 0) is 118 Å². The molecule has 10 rings (SSSR count). The third-order valence-corrected chi connectivity index (χ3v) is 21.7. The lowest BCUT2D eigenvalue weighted by Crippen LogP contribution is -2.63. The number of aliphatic hydroxyl groups is 1. The smallest absolute Gasteiger partial charge is 0.424 e. The maximum atomic E-state index is 14.7. The number of epoxide rings is 1. The van der Waals surface area contributed by atoms with Crippen LogP contribution in [0.2, 0.25) is 5.02 Å². The second-order valence-corrected chi connectivity index (χ2v) is 30.3. The number of aryl methyl sites for hydroxylation is 1. The summed E-state index contributed by atoms with van der Waals surface area (Å²) in [4.78, 5) is 118. The Bertz CT molecular complexity index is 4100. The van der Waals surface area contributed by atoms with Crippen molar-refractivity contribution in [2.45, 2.75) is 179 Å². The molecule has 5 heterocycles. The third kappa shape index (κ3) is 19.6. The lowest BCUT2D eigenvalue weighted by atomic mass is 9.83. The Kier molecular flexibility index (Phi) is 26.9. The van der Waals surface area contributed by atoms with Gasteiger partial charge in [-0.25, -0.2) is 24.4 Å². The number of para-hydroxylation sites is 1. The number of amides is 6. The number of methoxy groups -OCH3 is 2. The van der Waals surface area contributed by atoms with E-state index in [4.69, 9.17) is 54.2 Å². The van der Waals surface area contributed by atoms with Crippen LogP contribution in [0.1, 0.15) is 128 Å². The molecule has 1 aliphatic carbocycles. The Morgan fingerprint density at radius 3 is 2.18 bits per heavy atom. The number of nitrogens with one attached hydrogen (secondary N) is 1. The Morgan fingerprint density at radius 2 is 1.50 bits per heavy atom. The topological polar surface area (TPSA) is 280 Å². The van der Waals surface area contributed by atoms with Crippen LogP contribution in [-0.2, 0) is 86.2 Å². The van der Waals surface area contributed by atoms with E-state index in [9.17, 15) is 43.5 Å². The number of fused-ring (bicyclic) bond motifs is 9. The predicted molar refractivity (Wildman–Crippen MR) is 404 cm³/mol. The Labute approximate surface area is 637 Å². The first kappa shape index (κ1) is 81.6. The van der Waals surface area contributed by atoms with Gasteiger partial charge in [0.05, 0.1) is 64.7 Å². The van der Waals surface area contributed by atoms with Crippen molar-refractivity contribution in [1.29, 1.82) is 0 Å². The average molecular weight is 1510 g/mol. The summed E-state index contributed by atoms with van der Waals surface area (Å²) in [7, 11) is 9.36. The summed E-state index contributed by atoms with van der Waals surface area (Å²) >= 11 is 6.92. The first-order chi connectivity index (χ1) is 51.4. The molecular formula is C81H105ClN8O18. The molecule has 27 heteroatoms. The Hall–Kier alpha value is -8.89. The highest BCUT2D eigenvalue weighted by Crippen LogP contribution is 2.50. The Morgan fingerprint density at radius 1 is 0.843 bits per heavy atom. The van der Waals surface area contributed by atoms with E-state index in [0.717, 1.165) is 50.0 Å². The van der Waals surface area contributed by atoms with E-state index in [-0.39, 0.29) is 106 Å². The van der Waals surface area contributed by atoms with Gasteiger partial charge in [-0.2, -0.15) is 0 Å². The van der Waals surface area contributed by atoms with E-state index in [0.29, 0.717) is 56.9 Å². The van der Waals surface area contributed by atoms with Gasteiger partial charge in [0, 0.05) is 116 Å². The number of carbonyl (C=O) groups is 8. The minimum atomic E-state index is -1.92. The number of rotatable bonds is 26. The molecule has 108 heavy (non-hydrogen) atoms. The van der Waals surface area contributed by atoms with E-state index >= 15 is 0 Å². The molecule has 4 aromatic carbocycles. The zero-order chi connectivity index (χ0) is 77.9. The van der Waals surface area contributed by atoms with Crippen LogP contribution in [0.15, 0.2) is 115 Å². The number of hydrazine groups is 1. The summed E-state index contributed by atoms with van der Waals surface area (Å²) in [5, 5.41) is 19.0. The van der Waals surface area contributed by atoms with Gasteiger partial charge < -0.3 is 71.9 Å². The van der Waals surface area contributed by atoms with Crippen LogP contribution in [0.4, 0.5) is 15.3 Å². The second kappa shape index (κ2) is 35.6. The van der Waals surface area contributed by atoms with Crippen LogP contribution < -0.4 is 15.0 Å². The lowest BCUT2D eigenvalue weighted by molar-refractivity contribution is -0.162. The second-order valence-electron chi connectivity index (χ2n) is 29.9. The molecule has 3 fully saturated rings. The summed E-state index contributed by atoms with van der Waals surface area (Å²) < 4.78 is 55.0. The summed E-state index contributed by atoms with van der Waals surface area (Å²) in [6, 6.07) is 28.4. The number of hydrogen-bond donors (Lipinski definition) is 2. The number of nitrogens with zero attached hydrogens (tertiary/aromatic N) is 7. The van der Waals surface area contributed by atoms with Gasteiger partial charge >= 0.3 is 24.1 Å². The minimum Gasteiger partial charge on any atom is -0.495 e. The number of allylic oxidation sites excluding steroid dienone is 3. The molecule has 2 unspecified atom stereocenters. The van der Waals surface area contributed by atoms with Crippen molar-refractivity contribution in [3.63, 3.8) is 0 Å². The number of likely N-dealkylation sites (tertiary alicyclic amines) is 1. The monoisotopic (exact) mass is 1510 g/mol. The molecule has 4 bridgehead atoms. The molecule has 0 radical (unpaired) electrons. The number of benzene rings is 4. The zero-order valence-corrected chi connectivity index (χ0v) is 65.1.